The highest BCUT2D eigenvalue weighted by molar-refractivity contribution is 7.99. The van der Waals surface area contributed by atoms with Crippen LogP contribution in [0.1, 0.15) is 5.69 Å². The van der Waals surface area contributed by atoms with Gasteiger partial charge in [-0.1, -0.05) is 0 Å². The summed E-state index contributed by atoms with van der Waals surface area (Å²) in [7, 11) is 1.79. The van der Waals surface area contributed by atoms with Gasteiger partial charge in [-0.05, 0) is 35.2 Å². The van der Waals surface area contributed by atoms with E-state index in [1.165, 1.54) is 18.1 Å². The Morgan fingerprint density at radius 2 is 2.24 bits per heavy atom. The quantitative estimate of drug-likeness (QED) is 0.595. The highest BCUT2D eigenvalue weighted by Crippen LogP contribution is 2.24. The summed E-state index contributed by atoms with van der Waals surface area (Å²) in [6.45, 7) is 1.91. The fourth-order valence-electron chi connectivity index (χ4n) is 1.37. The lowest BCUT2D eigenvalue weighted by Crippen LogP contribution is -1.99. The minimum Gasteiger partial charge on any atom is -0.223 e. The Labute approximate surface area is 100 Å². The summed E-state index contributed by atoms with van der Waals surface area (Å²) in [6, 6.07) is 1.92. The Morgan fingerprint density at radius 1 is 1.35 bits per heavy atom. The molecule has 0 N–H and O–H groups in total. The molecule has 3 aromatic rings. The van der Waals surface area contributed by atoms with Crippen LogP contribution in [-0.4, -0.2) is 39.8 Å². The van der Waals surface area contributed by atoms with Crippen LogP contribution in [0, 0.1) is 6.92 Å². The maximum Gasteiger partial charge on any atom is 0.253 e. The smallest absolute Gasteiger partial charge is 0.223 e. The van der Waals surface area contributed by atoms with E-state index >= 15 is 0 Å². The number of fused-ring (bicyclic) bond motifs is 1. The molecular weight excluding hydrogens is 240 g/mol. The molecule has 0 amide bonds. The van der Waals surface area contributed by atoms with E-state index in [9.17, 15) is 0 Å². The van der Waals surface area contributed by atoms with Crippen LogP contribution in [0.4, 0.5) is 0 Å². The van der Waals surface area contributed by atoms with Crippen molar-refractivity contribution in [1.82, 2.24) is 39.8 Å². The molecule has 0 saturated heterocycles. The number of rotatable bonds is 2. The Kier molecular flexibility index (Phi) is 2.25. The molecule has 0 unspecified atom stereocenters. The van der Waals surface area contributed by atoms with Crippen molar-refractivity contribution >= 4 is 17.5 Å². The largest absolute Gasteiger partial charge is 0.253 e. The molecule has 0 aliphatic rings. The van der Waals surface area contributed by atoms with E-state index < -0.39 is 0 Å². The molecule has 0 saturated carbocycles. The number of aromatic nitrogens is 8. The van der Waals surface area contributed by atoms with Crippen molar-refractivity contribution in [3.63, 3.8) is 0 Å². The first kappa shape index (κ1) is 10.1. The molecule has 86 valence electrons. The van der Waals surface area contributed by atoms with Crippen LogP contribution in [0.5, 0.6) is 0 Å². The minimum absolute atomic E-state index is 0.572. The molecule has 3 aromatic heterocycles. The molecule has 9 heteroatoms. The zero-order valence-corrected chi connectivity index (χ0v) is 9.96. The molecule has 0 fully saturated rings. The lowest BCUT2D eigenvalue weighted by atomic mass is 10.5. The van der Waals surface area contributed by atoms with Gasteiger partial charge in [-0.2, -0.15) is 14.6 Å². The summed E-state index contributed by atoms with van der Waals surface area (Å²) in [5, 5.41) is 17.0. The first-order valence-corrected chi connectivity index (χ1v) is 5.63. The van der Waals surface area contributed by atoms with Gasteiger partial charge in [0, 0.05) is 12.7 Å². The fourth-order valence-corrected chi connectivity index (χ4v) is 2.25. The molecule has 0 radical (unpaired) electrons. The average molecular weight is 248 g/mol. The molecule has 0 aliphatic heterocycles. The Bertz CT molecular complexity index is 671. The maximum atomic E-state index is 4.27. The number of aryl methyl sites for hydroxylation is 2. The predicted molar refractivity (Wildman–Crippen MR) is 58.4 cm³/mol. The van der Waals surface area contributed by atoms with Gasteiger partial charge in [0.15, 0.2) is 0 Å². The number of nitrogens with zero attached hydrogens (tertiary/aromatic N) is 8. The van der Waals surface area contributed by atoms with Gasteiger partial charge in [0.1, 0.15) is 11.4 Å². The molecular formula is C8H8N8S. The third-order valence-electron chi connectivity index (χ3n) is 2.12. The van der Waals surface area contributed by atoms with Gasteiger partial charge in [-0.15, -0.1) is 5.10 Å². The van der Waals surface area contributed by atoms with E-state index in [0.29, 0.717) is 10.9 Å². The first-order valence-electron chi connectivity index (χ1n) is 4.81. The zero-order chi connectivity index (χ0) is 11.8. The number of tetrazole rings is 1. The van der Waals surface area contributed by atoms with Gasteiger partial charge in [-0.3, -0.25) is 0 Å². The Hall–Kier alpha value is -2.03. The Balaban J connectivity index is 2.11. The van der Waals surface area contributed by atoms with Gasteiger partial charge in [0.2, 0.25) is 5.16 Å². The second-order valence-corrected chi connectivity index (χ2v) is 4.38. The van der Waals surface area contributed by atoms with E-state index in [1.54, 1.807) is 16.2 Å². The molecule has 3 rings (SSSR count). The van der Waals surface area contributed by atoms with Gasteiger partial charge in [0.05, 0.1) is 0 Å². The standard InChI is InChI=1S/C8H8N8S/c1-5-3-6(16-7(11-5)9-4-10-16)17-8-12-13-14-15(8)2/h3-4H,1-2H3. The lowest BCUT2D eigenvalue weighted by molar-refractivity contribution is 0.663. The summed E-state index contributed by atoms with van der Waals surface area (Å²) in [5.41, 5.74) is 0.878. The molecule has 0 aliphatic carbocycles. The normalized spacial score (nSPS) is 11.2. The van der Waals surface area contributed by atoms with Gasteiger partial charge >= 0.3 is 0 Å². The molecule has 17 heavy (non-hydrogen) atoms. The second kappa shape index (κ2) is 3.77. The van der Waals surface area contributed by atoms with E-state index in [1.807, 2.05) is 13.0 Å². The highest BCUT2D eigenvalue weighted by Gasteiger charge is 2.10. The molecule has 3 heterocycles. The molecule has 0 atom stereocenters. The number of hydrogen-bond donors (Lipinski definition) is 0. The topological polar surface area (TPSA) is 86.7 Å². The van der Waals surface area contributed by atoms with Crippen LogP contribution in [0.25, 0.3) is 5.78 Å². The predicted octanol–water partition coefficient (Wildman–Crippen LogP) is 0.107. The lowest BCUT2D eigenvalue weighted by Gasteiger charge is -2.02. The van der Waals surface area contributed by atoms with E-state index in [0.717, 1.165) is 10.7 Å². The van der Waals surface area contributed by atoms with E-state index in [4.69, 9.17) is 0 Å². The van der Waals surface area contributed by atoms with Crippen molar-refractivity contribution in [2.45, 2.75) is 17.1 Å². The fraction of sp³-hybridized carbons (Fsp3) is 0.250. The van der Waals surface area contributed by atoms with Crippen molar-refractivity contribution < 1.29 is 0 Å². The summed E-state index contributed by atoms with van der Waals surface area (Å²) >= 11 is 1.42. The summed E-state index contributed by atoms with van der Waals surface area (Å²) in [5.74, 6) is 0.572. The third-order valence-corrected chi connectivity index (χ3v) is 3.15. The first-order chi connectivity index (χ1) is 8.24. The zero-order valence-electron chi connectivity index (χ0n) is 9.14. The van der Waals surface area contributed by atoms with Crippen molar-refractivity contribution in [2.75, 3.05) is 0 Å². The third kappa shape index (κ3) is 1.73. The summed E-state index contributed by atoms with van der Waals surface area (Å²) in [4.78, 5) is 8.33. The number of hydrogen-bond acceptors (Lipinski definition) is 7. The summed E-state index contributed by atoms with van der Waals surface area (Å²) in [6.07, 6.45) is 1.47. The molecule has 0 spiro atoms. The van der Waals surface area contributed by atoms with Crippen molar-refractivity contribution in [2.24, 2.45) is 7.05 Å². The van der Waals surface area contributed by atoms with Crippen LogP contribution in [-0.2, 0) is 7.05 Å². The van der Waals surface area contributed by atoms with Crippen LogP contribution >= 0.6 is 11.8 Å². The molecule has 0 bridgehead atoms. The van der Waals surface area contributed by atoms with Crippen LogP contribution in [0.3, 0.4) is 0 Å². The maximum absolute atomic E-state index is 4.27. The monoisotopic (exact) mass is 248 g/mol. The molecule has 8 nitrogen and oxygen atoms in total. The van der Waals surface area contributed by atoms with E-state index in [2.05, 4.69) is 30.6 Å². The van der Waals surface area contributed by atoms with Crippen LogP contribution in [0.15, 0.2) is 22.6 Å². The summed E-state index contributed by atoms with van der Waals surface area (Å²) < 4.78 is 3.26. The van der Waals surface area contributed by atoms with Gasteiger partial charge in [-0.25, -0.2) is 9.67 Å². The van der Waals surface area contributed by atoms with Crippen molar-refractivity contribution in [3.05, 3.63) is 18.1 Å². The Morgan fingerprint density at radius 3 is 3.00 bits per heavy atom. The SMILES string of the molecule is Cc1cc(Sc2nnnn2C)n2ncnc2n1. The van der Waals surface area contributed by atoms with Crippen molar-refractivity contribution in [1.29, 1.82) is 0 Å². The average Bonchev–Trinajstić information content (AvgIpc) is 2.88. The van der Waals surface area contributed by atoms with E-state index in [-0.39, 0.29) is 0 Å². The van der Waals surface area contributed by atoms with Gasteiger partial charge < -0.3 is 0 Å². The van der Waals surface area contributed by atoms with Crippen LogP contribution in [0.2, 0.25) is 0 Å². The molecule has 0 aromatic carbocycles. The highest BCUT2D eigenvalue weighted by atomic mass is 32.2. The van der Waals surface area contributed by atoms with Crippen LogP contribution < -0.4 is 0 Å². The van der Waals surface area contributed by atoms with Gasteiger partial charge in [0.25, 0.3) is 5.78 Å². The van der Waals surface area contributed by atoms with Crippen molar-refractivity contribution in [3.8, 4) is 0 Å². The minimum atomic E-state index is 0.572. The second-order valence-electron chi connectivity index (χ2n) is 3.39.